The second-order valence-corrected chi connectivity index (χ2v) is 5.47. The maximum absolute atomic E-state index is 12.3. The minimum Gasteiger partial charge on any atom is -0.438 e. The van der Waals surface area contributed by atoms with Crippen LogP contribution in [0.15, 0.2) is 77.5 Å². The number of carbonyl (C=O) groups is 1. The summed E-state index contributed by atoms with van der Waals surface area (Å²) in [4.78, 5) is 16.5. The number of carbonyl (C=O) groups excluding carboxylic acids is 1. The maximum Gasteiger partial charge on any atom is 0.270 e. The van der Waals surface area contributed by atoms with Crippen molar-refractivity contribution in [2.45, 2.75) is 0 Å². The predicted octanol–water partition coefficient (Wildman–Crippen LogP) is 3.16. The number of rotatable bonds is 3. The van der Waals surface area contributed by atoms with E-state index in [1.54, 1.807) is 30.3 Å². The largest absolute Gasteiger partial charge is 0.438 e. The lowest BCUT2D eigenvalue weighted by atomic mass is 10.2. The Hall–Kier alpha value is -3.67. The van der Waals surface area contributed by atoms with E-state index in [-0.39, 0.29) is 11.4 Å². The highest BCUT2D eigenvalue weighted by molar-refractivity contribution is 5.99. The Balaban J connectivity index is 1.71. The summed E-state index contributed by atoms with van der Waals surface area (Å²) in [7, 11) is 0. The molecular weight excluding hydrogens is 316 g/mol. The van der Waals surface area contributed by atoms with Crippen LogP contribution in [-0.4, -0.2) is 15.6 Å². The van der Waals surface area contributed by atoms with E-state index in [1.165, 1.54) is 11.0 Å². The van der Waals surface area contributed by atoms with Gasteiger partial charge in [-0.05, 0) is 18.2 Å². The second kappa shape index (κ2) is 6.09. The van der Waals surface area contributed by atoms with Crippen LogP contribution in [0.4, 0.5) is 0 Å². The lowest BCUT2D eigenvalue weighted by Crippen LogP contribution is -2.33. The van der Waals surface area contributed by atoms with Gasteiger partial charge in [0.1, 0.15) is 12.1 Å². The number of hydrogen-bond donors (Lipinski definition) is 2. The smallest absolute Gasteiger partial charge is 0.270 e. The van der Waals surface area contributed by atoms with E-state index in [9.17, 15) is 4.79 Å². The molecule has 0 saturated carbocycles. The van der Waals surface area contributed by atoms with E-state index >= 15 is 0 Å². The molecule has 2 aromatic heterocycles. The SMILES string of the molecule is N=c1c2cc(-c3ccccc3)oc2ncn1NC(=O)c1ccccc1. The second-order valence-electron chi connectivity index (χ2n) is 5.47. The van der Waals surface area contributed by atoms with Gasteiger partial charge in [0.15, 0.2) is 5.49 Å². The Kier molecular flexibility index (Phi) is 3.63. The molecule has 6 heteroatoms. The molecule has 2 aromatic carbocycles. The molecule has 0 spiro atoms. The van der Waals surface area contributed by atoms with Gasteiger partial charge < -0.3 is 4.42 Å². The van der Waals surface area contributed by atoms with Crippen molar-refractivity contribution in [1.29, 1.82) is 5.41 Å². The first-order valence-corrected chi connectivity index (χ1v) is 7.70. The molecule has 6 nitrogen and oxygen atoms in total. The number of aromatic nitrogens is 2. The van der Waals surface area contributed by atoms with Gasteiger partial charge in [0.2, 0.25) is 5.71 Å². The maximum atomic E-state index is 12.3. The molecule has 2 N–H and O–H groups in total. The summed E-state index contributed by atoms with van der Waals surface area (Å²) in [5, 5.41) is 8.84. The molecule has 4 aromatic rings. The van der Waals surface area contributed by atoms with Gasteiger partial charge in [-0.15, -0.1) is 0 Å². The molecule has 0 fully saturated rings. The molecule has 2 heterocycles. The summed E-state index contributed by atoms with van der Waals surface area (Å²) in [6.45, 7) is 0. The molecule has 0 atom stereocenters. The highest BCUT2D eigenvalue weighted by Gasteiger charge is 2.12. The van der Waals surface area contributed by atoms with Crippen LogP contribution in [0, 0.1) is 5.41 Å². The standard InChI is InChI=1S/C19H14N4O2/c20-17-15-11-16(13-7-3-1-4-8-13)25-19(15)21-12-23(17)22-18(24)14-9-5-2-6-10-14/h1-12,20H,(H,22,24). The number of furan rings is 1. The highest BCUT2D eigenvalue weighted by atomic mass is 16.3. The van der Waals surface area contributed by atoms with E-state index in [1.807, 2.05) is 36.4 Å². The van der Waals surface area contributed by atoms with E-state index in [0.29, 0.717) is 22.4 Å². The van der Waals surface area contributed by atoms with Crippen molar-refractivity contribution in [3.05, 3.63) is 84.1 Å². The van der Waals surface area contributed by atoms with Gasteiger partial charge >= 0.3 is 0 Å². The first-order chi connectivity index (χ1) is 12.2. The summed E-state index contributed by atoms with van der Waals surface area (Å²) in [5.41, 5.74) is 4.52. The molecule has 0 aliphatic rings. The third kappa shape index (κ3) is 2.81. The zero-order chi connectivity index (χ0) is 17.2. The van der Waals surface area contributed by atoms with E-state index in [2.05, 4.69) is 10.4 Å². The van der Waals surface area contributed by atoms with Crippen molar-refractivity contribution in [3.63, 3.8) is 0 Å². The lowest BCUT2D eigenvalue weighted by Gasteiger charge is -2.08. The Labute approximate surface area is 142 Å². The minimum atomic E-state index is -0.313. The van der Waals surface area contributed by atoms with Crippen molar-refractivity contribution in [2.75, 3.05) is 5.43 Å². The summed E-state index contributed by atoms with van der Waals surface area (Å²) in [6.07, 6.45) is 1.36. The van der Waals surface area contributed by atoms with Gasteiger partial charge in [0.05, 0.1) is 5.39 Å². The zero-order valence-electron chi connectivity index (χ0n) is 13.1. The fourth-order valence-electron chi connectivity index (χ4n) is 2.54. The predicted molar refractivity (Wildman–Crippen MR) is 93.4 cm³/mol. The Morgan fingerprint density at radius 2 is 1.72 bits per heavy atom. The molecule has 0 unspecified atom stereocenters. The van der Waals surface area contributed by atoms with Gasteiger partial charge in [0, 0.05) is 11.1 Å². The van der Waals surface area contributed by atoms with E-state index in [4.69, 9.17) is 9.83 Å². The van der Waals surface area contributed by atoms with Crippen LogP contribution in [0.25, 0.3) is 22.4 Å². The molecule has 25 heavy (non-hydrogen) atoms. The van der Waals surface area contributed by atoms with Gasteiger partial charge in [-0.1, -0.05) is 48.5 Å². The summed E-state index contributed by atoms with van der Waals surface area (Å²) in [5.74, 6) is 0.316. The normalized spacial score (nSPS) is 10.7. The molecule has 0 aliphatic carbocycles. The number of amides is 1. The van der Waals surface area contributed by atoms with E-state index < -0.39 is 0 Å². The van der Waals surface area contributed by atoms with Crippen LogP contribution in [0.5, 0.6) is 0 Å². The van der Waals surface area contributed by atoms with Crippen LogP contribution in [-0.2, 0) is 0 Å². The quantitative estimate of drug-likeness (QED) is 0.605. The van der Waals surface area contributed by atoms with E-state index in [0.717, 1.165) is 5.56 Å². The lowest BCUT2D eigenvalue weighted by molar-refractivity contribution is 0.101. The molecule has 122 valence electrons. The molecule has 1 amide bonds. The Morgan fingerprint density at radius 3 is 2.44 bits per heavy atom. The number of nitrogens with one attached hydrogen (secondary N) is 2. The molecule has 0 aliphatic heterocycles. The monoisotopic (exact) mass is 330 g/mol. The van der Waals surface area contributed by atoms with Crippen molar-refractivity contribution in [2.24, 2.45) is 0 Å². The molecule has 0 radical (unpaired) electrons. The van der Waals surface area contributed by atoms with Crippen LogP contribution in [0.2, 0.25) is 0 Å². The summed E-state index contributed by atoms with van der Waals surface area (Å²) >= 11 is 0. The average Bonchev–Trinajstić information content (AvgIpc) is 3.11. The van der Waals surface area contributed by atoms with Gasteiger partial charge in [-0.2, -0.15) is 0 Å². The van der Waals surface area contributed by atoms with Gasteiger partial charge in [-0.25, -0.2) is 9.66 Å². The van der Waals surface area contributed by atoms with Gasteiger partial charge in [-0.3, -0.25) is 15.6 Å². The zero-order valence-corrected chi connectivity index (χ0v) is 13.1. The third-order valence-electron chi connectivity index (χ3n) is 3.82. The van der Waals surface area contributed by atoms with Crippen LogP contribution < -0.4 is 10.9 Å². The minimum absolute atomic E-state index is 0.0974. The Morgan fingerprint density at radius 1 is 1.04 bits per heavy atom. The number of hydrogen-bond acceptors (Lipinski definition) is 4. The van der Waals surface area contributed by atoms with Crippen LogP contribution >= 0.6 is 0 Å². The fraction of sp³-hybridized carbons (Fsp3) is 0. The topological polar surface area (TPSA) is 83.9 Å². The van der Waals surface area contributed by atoms with Crippen molar-refractivity contribution >= 4 is 17.0 Å². The molecule has 0 saturated heterocycles. The third-order valence-corrected chi connectivity index (χ3v) is 3.82. The van der Waals surface area contributed by atoms with Crippen LogP contribution in [0.3, 0.4) is 0 Å². The van der Waals surface area contributed by atoms with Crippen molar-refractivity contribution < 1.29 is 9.21 Å². The van der Waals surface area contributed by atoms with Crippen molar-refractivity contribution in [1.82, 2.24) is 9.66 Å². The first kappa shape index (κ1) is 14.9. The Bertz CT molecular complexity index is 1100. The molecule has 0 bridgehead atoms. The fourth-order valence-corrected chi connectivity index (χ4v) is 2.54. The number of benzene rings is 2. The average molecular weight is 330 g/mol. The number of nitrogens with zero attached hydrogens (tertiary/aromatic N) is 2. The van der Waals surface area contributed by atoms with Gasteiger partial charge in [0.25, 0.3) is 5.91 Å². The summed E-state index contributed by atoms with van der Waals surface area (Å²) in [6, 6.07) is 20.2. The summed E-state index contributed by atoms with van der Waals surface area (Å²) < 4.78 is 7.00. The van der Waals surface area contributed by atoms with Crippen molar-refractivity contribution in [3.8, 4) is 11.3 Å². The first-order valence-electron chi connectivity index (χ1n) is 7.70. The highest BCUT2D eigenvalue weighted by Crippen LogP contribution is 2.24. The number of fused-ring (bicyclic) bond motifs is 1. The van der Waals surface area contributed by atoms with Crippen LogP contribution in [0.1, 0.15) is 10.4 Å². The molecular formula is C19H14N4O2. The molecule has 4 rings (SSSR count).